The maximum absolute atomic E-state index is 2.44. The van der Waals surface area contributed by atoms with E-state index >= 15 is 0 Å². The predicted molar refractivity (Wildman–Crippen MR) is 50.5 cm³/mol. The fourth-order valence-electron chi connectivity index (χ4n) is 2.89. The summed E-state index contributed by atoms with van der Waals surface area (Å²) < 4.78 is 0. The second kappa shape index (κ2) is 3.60. The van der Waals surface area contributed by atoms with Crippen LogP contribution in [-0.2, 0) is 0 Å². The summed E-state index contributed by atoms with van der Waals surface area (Å²) in [7, 11) is 0. The van der Waals surface area contributed by atoms with Gasteiger partial charge in [0.1, 0.15) is 0 Å². The zero-order valence-electron chi connectivity index (χ0n) is 8.43. The van der Waals surface area contributed by atoms with Crippen LogP contribution in [0.4, 0.5) is 0 Å². The standard InChI is InChI=1S/C11H22/c1-5-10-7-8(3)9(4)11(10)6-2/h8-11H,5-7H2,1-4H3. The molecule has 4 atom stereocenters. The summed E-state index contributed by atoms with van der Waals surface area (Å²) >= 11 is 0. The smallest absolute Gasteiger partial charge is 0.0360 e. The Labute approximate surface area is 71.4 Å². The average molecular weight is 154 g/mol. The molecule has 0 aromatic heterocycles. The molecule has 0 spiro atoms. The van der Waals surface area contributed by atoms with Crippen molar-refractivity contribution in [2.45, 2.75) is 47.0 Å². The third kappa shape index (κ3) is 1.60. The van der Waals surface area contributed by atoms with Crippen LogP contribution in [0.25, 0.3) is 0 Å². The fraction of sp³-hybridized carbons (Fsp3) is 1.00. The average Bonchev–Trinajstić information content (AvgIpc) is 2.28. The van der Waals surface area contributed by atoms with Gasteiger partial charge in [-0.15, -0.1) is 0 Å². The lowest BCUT2D eigenvalue weighted by atomic mass is 9.86. The molecule has 0 aromatic carbocycles. The van der Waals surface area contributed by atoms with Crippen molar-refractivity contribution in [3.8, 4) is 0 Å². The Morgan fingerprint density at radius 3 is 2.09 bits per heavy atom. The van der Waals surface area contributed by atoms with E-state index in [9.17, 15) is 0 Å². The van der Waals surface area contributed by atoms with E-state index in [0.717, 1.165) is 23.7 Å². The van der Waals surface area contributed by atoms with Gasteiger partial charge in [0.05, 0.1) is 0 Å². The van der Waals surface area contributed by atoms with Crippen LogP contribution in [-0.4, -0.2) is 0 Å². The van der Waals surface area contributed by atoms with E-state index < -0.39 is 0 Å². The number of hydrogen-bond acceptors (Lipinski definition) is 0. The summed E-state index contributed by atoms with van der Waals surface area (Å²) in [6.45, 7) is 9.55. The molecule has 66 valence electrons. The highest BCUT2D eigenvalue weighted by Crippen LogP contribution is 2.44. The summed E-state index contributed by atoms with van der Waals surface area (Å²) in [6.07, 6.45) is 4.27. The molecule has 0 aromatic rings. The van der Waals surface area contributed by atoms with Crippen molar-refractivity contribution in [3.63, 3.8) is 0 Å². The van der Waals surface area contributed by atoms with Crippen molar-refractivity contribution in [2.75, 3.05) is 0 Å². The van der Waals surface area contributed by atoms with E-state index in [0.29, 0.717) is 0 Å². The lowest BCUT2D eigenvalue weighted by Crippen LogP contribution is -2.12. The van der Waals surface area contributed by atoms with E-state index in [1.165, 1.54) is 19.3 Å². The Hall–Kier alpha value is 0. The van der Waals surface area contributed by atoms with Crippen molar-refractivity contribution < 1.29 is 0 Å². The molecule has 1 fully saturated rings. The van der Waals surface area contributed by atoms with Crippen LogP contribution in [0.1, 0.15) is 47.0 Å². The van der Waals surface area contributed by atoms with Crippen molar-refractivity contribution in [2.24, 2.45) is 23.7 Å². The highest BCUT2D eigenvalue weighted by molar-refractivity contribution is 4.85. The Bertz CT molecular complexity index is 117. The summed E-state index contributed by atoms with van der Waals surface area (Å²) in [4.78, 5) is 0. The second-order valence-electron chi connectivity index (χ2n) is 4.31. The van der Waals surface area contributed by atoms with Crippen LogP contribution in [0.15, 0.2) is 0 Å². The first kappa shape index (κ1) is 9.09. The van der Waals surface area contributed by atoms with Gasteiger partial charge in [-0.25, -0.2) is 0 Å². The van der Waals surface area contributed by atoms with Gasteiger partial charge in [0.25, 0.3) is 0 Å². The van der Waals surface area contributed by atoms with Gasteiger partial charge >= 0.3 is 0 Å². The molecule has 4 unspecified atom stereocenters. The van der Waals surface area contributed by atoms with E-state index in [1.54, 1.807) is 0 Å². The van der Waals surface area contributed by atoms with Crippen LogP contribution in [0.5, 0.6) is 0 Å². The Kier molecular flexibility index (Phi) is 2.98. The molecular formula is C11H22. The molecule has 11 heavy (non-hydrogen) atoms. The summed E-state index contributed by atoms with van der Waals surface area (Å²) in [5.74, 6) is 4.01. The van der Waals surface area contributed by atoms with E-state index in [1.807, 2.05) is 0 Å². The predicted octanol–water partition coefficient (Wildman–Crippen LogP) is 3.71. The zero-order valence-corrected chi connectivity index (χ0v) is 8.43. The van der Waals surface area contributed by atoms with Crippen LogP contribution in [0, 0.1) is 23.7 Å². The fourth-order valence-corrected chi connectivity index (χ4v) is 2.89. The van der Waals surface area contributed by atoms with Gasteiger partial charge in [-0.05, 0) is 30.1 Å². The number of hydrogen-bond donors (Lipinski definition) is 0. The van der Waals surface area contributed by atoms with Gasteiger partial charge in [-0.3, -0.25) is 0 Å². The molecular weight excluding hydrogens is 132 g/mol. The Morgan fingerprint density at radius 1 is 1.09 bits per heavy atom. The third-order valence-corrected chi connectivity index (χ3v) is 3.85. The SMILES string of the molecule is CCC1CC(C)C(C)C1CC. The molecule has 1 saturated carbocycles. The molecule has 0 amide bonds. The molecule has 1 aliphatic carbocycles. The van der Waals surface area contributed by atoms with E-state index in [-0.39, 0.29) is 0 Å². The first-order valence-corrected chi connectivity index (χ1v) is 5.20. The van der Waals surface area contributed by atoms with Crippen LogP contribution >= 0.6 is 0 Å². The molecule has 0 heterocycles. The highest BCUT2D eigenvalue weighted by Gasteiger charge is 2.35. The van der Waals surface area contributed by atoms with Crippen LogP contribution < -0.4 is 0 Å². The summed E-state index contributed by atoms with van der Waals surface area (Å²) in [6, 6.07) is 0. The topological polar surface area (TPSA) is 0 Å². The van der Waals surface area contributed by atoms with Crippen LogP contribution in [0.3, 0.4) is 0 Å². The maximum Gasteiger partial charge on any atom is -0.0360 e. The lowest BCUT2D eigenvalue weighted by molar-refractivity contribution is 0.296. The van der Waals surface area contributed by atoms with Crippen LogP contribution in [0.2, 0.25) is 0 Å². The lowest BCUT2D eigenvalue weighted by Gasteiger charge is -2.20. The summed E-state index contributed by atoms with van der Waals surface area (Å²) in [5.41, 5.74) is 0. The molecule has 1 aliphatic rings. The van der Waals surface area contributed by atoms with Crippen molar-refractivity contribution in [1.82, 2.24) is 0 Å². The molecule has 0 heteroatoms. The molecule has 0 aliphatic heterocycles. The first-order valence-electron chi connectivity index (χ1n) is 5.20. The van der Waals surface area contributed by atoms with Gasteiger partial charge in [-0.1, -0.05) is 40.5 Å². The first-order chi connectivity index (χ1) is 5.20. The highest BCUT2D eigenvalue weighted by atomic mass is 14.4. The Morgan fingerprint density at radius 2 is 1.73 bits per heavy atom. The van der Waals surface area contributed by atoms with E-state index in [4.69, 9.17) is 0 Å². The number of rotatable bonds is 2. The van der Waals surface area contributed by atoms with Gasteiger partial charge in [0, 0.05) is 0 Å². The molecule has 0 saturated heterocycles. The van der Waals surface area contributed by atoms with Gasteiger partial charge in [0.15, 0.2) is 0 Å². The van der Waals surface area contributed by atoms with Crippen molar-refractivity contribution in [1.29, 1.82) is 0 Å². The van der Waals surface area contributed by atoms with Gasteiger partial charge in [0.2, 0.25) is 0 Å². The normalized spacial score (nSPS) is 44.7. The van der Waals surface area contributed by atoms with E-state index in [2.05, 4.69) is 27.7 Å². The zero-order chi connectivity index (χ0) is 8.43. The molecule has 0 nitrogen and oxygen atoms in total. The molecule has 0 bridgehead atoms. The minimum absolute atomic E-state index is 0.977. The minimum Gasteiger partial charge on any atom is -0.0651 e. The molecule has 0 radical (unpaired) electrons. The molecule has 0 N–H and O–H groups in total. The molecule has 1 rings (SSSR count). The van der Waals surface area contributed by atoms with Crippen molar-refractivity contribution in [3.05, 3.63) is 0 Å². The second-order valence-corrected chi connectivity index (χ2v) is 4.31. The van der Waals surface area contributed by atoms with Crippen molar-refractivity contribution >= 4 is 0 Å². The Balaban J connectivity index is 2.57. The third-order valence-electron chi connectivity index (χ3n) is 3.85. The monoisotopic (exact) mass is 154 g/mol. The largest absolute Gasteiger partial charge is 0.0651 e. The summed E-state index contributed by atoms with van der Waals surface area (Å²) in [5, 5.41) is 0. The quantitative estimate of drug-likeness (QED) is 0.568. The van der Waals surface area contributed by atoms with Gasteiger partial charge in [-0.2, -0.15) is 0 Å². The maximum atomic E-state index is 2.44. The van der Waals surface area contributed by atoms with Gasteiger partial charge < -0.3 is 0 Å². The minimum atomic E-state index is 0.977.